The molecule has 0 radical (unpaired) electrons. The molecule has 0 saturated carbocycles. The molecule has 0 aliphatic rings. The summed E-state index contributed by atoms with van der Waals surface area (Å²) >= 11 is 1.56. The van der Waals surface area contributed by atoms with Crippen LogP contribution in [0.1, 0.15) is 35.8 Å². The largest absolute Gasteiger partial charge is 0.336 e. The van der Waals surface area contributed by atoms with E-state index < -0.39 is 0 Å². The Balaban J connectivity index is 2.32. The van der Waals surface area contributed by atoms with Crippen LogP contribution in [0.25, 0.3) is 10.4 Å². The van der Waals surface area contributed by atoms with Gasteiger partial charge in [-0.3, -0.25) is 4.79 Å². The summed E-state index contributed by atoms with van der Waals surface area (Å²) in [5.41, 5.74) is 7.44. The van der Waals surface area contributed by atoms with Gasteiger partial charge in [-0.2, -0.15) is 0 Å². The van der Waals surface area contributed by atoms with Gasteiger partial charge in [-0.15, -0.1) is 11.3 Å². The highest BCUT2D eigenvalue weighted by atomic mass is 32.1. The molecule has 2 aromatic rings. The van der Waals surface area contributed by atoms with Crippen molar-refractivity contribution in [2.24, 2.45) is 11.7 Å². The lowest BCUT2D eigenvalue weighted by Gasteiger charge is -2.28. The zero-order chi connectivity index (χ0) is 17.0. The lowest BCUT2D eigenvalue weighted by Crippen LogP contribution is -2.42. The molecule has 23 heavy (non-hydrogen) atoms. The molecule has 0 spiro atoms. The minimum Gasteiger partial charge on any atom is -0.336 e. The molecule has 0 aliphatic carbocycles. The summed E-state index contributed by atoms with van der Waals surface area (Å²) in [6.45, 7) is 6.68. The van der Waals surface area contributed by atoms with Gasteiger partial charge in [-0.25, -0.2) is 4.98 Å². The van der Waals surface area contributed by atoms with E-state index in [2.05, 4.69) is 18.8 Å². The number of amides is 1. The molecule has 2 rings (SSSR count). The Hall–Kier alpha value is -1.72. The topological polar surface area (TPSA) is 59.2 Å². The molecule has 1 amide bonds. The van der Waals surface area contributed by atoms with E-state index >= 15 is 0 Å². The monoisotopic (exact) mass is 331 g/mol. The molecule has 0 saturated heterocycles. The van der Waals surface area contributed by atoms with E-state index in [1.54, 1.807) is 16.2 Å². The van der Waals surface area contributed by atoms with E-state index in [0.29, 0.717) is 18.2 Å². The minimum atomic E-state index is -0.0516. The Labute approximate surface area is 142 Å². The van der Waals surface area contributed by atoms with E-state index in [-0.39, 0.29) is 11.9 Å². The number of hydrogen-bond acceptors (Lipinski definition) is 4. The first-order valence-corrected chi connectivity index (χ1v) is 8.75. The van der Waals surface area contributed by atoms with E-state index in [9.17, 15) is 4.79 Å². The molecular formula is C18H25N3OS. The molecule has 0 fully saturated rings. The second-order valence-corrected chi connectivity index (χ2v) is 7.41. The van der Waals surface area contributed by atoms with Gasteiger partial charge in [0.1, 0.15) is 5.69 Å². The maximum Gasteiger partial charge on any atom is 0.274 e. The first-order valence-electron chi connectivity index (χ1n) is 7.94. The zero-order valence-electron chi connectivity index (χ0n) is 14.2. The summed E-state index contributed by atoms with van der Waals surface area (Å²) in [6, 6.07) is 9.98. The molecular weight excluding hydrogens is 306 g/mol. The molecule has 1 atom stereocenters. The summed E-state index contributed by atoms with van der Waals surface area (Å²) in [4.78, 5) is 20.1. The summed E-state index contributed by atoms with van der Waals surface area (Å²) in [6.07, 6.45) is 0.891. The Morgan fingerprint density at radius 1 is 1.30 bits per heavy atom. The molecule has 5 heteroatoms. The van der Waals surface area contributed by atoms with E-state index in [4.69, 9.17) is 5.73 Å². The number of carbonyl (C=O) groups excluding carboxylic acids is 1. The van der Waals surface area contributed by atoms with Crippen molar-refractivity contribution in [3.05, 3.63) is 41.0 Å². The average Bonchev–Trinajstić information content (AvgIpc) is 2.93. The van der Waals surface area contributed by atoms with Crippen LogP contribution in [0, 0.1) is 12.8 Å². The smallest absolute Gasteiger partial charge is 0.274 e. The van der Waals surface area contributed by atoms with Crippen LogP contribution in [0.3, 0.4) is 0 Å². The van der Waals surface area contributed by atoms with Crippen molar-refractivity contribution in [3.63, 3.8) is 0 Å². The second kappa shape index (κ2) is 7.70. The van der Waals surface area contributed by atoms with Crippen molar-refractivity contribution < 1.29 is 4.79 Å². The summed E-state index contributed by atoms with van der Waals surface area (Å²) in [5, 5.41) is 0.897. The molecule has 4 nitrogen and oxygen atoms in total. The van der Waals surface area contributed by atoms with Crippen molar-refractivity contribution >= 4 is 17.2 Å². The van der Waals surface area contributed by atoms with Gasteiger partial charge in [0.15, 0.2) is 0 Å². The number of aryl methyl sites for hydroxylation is 1. The van der Waals surface area contributed by atoms with Gasteiger partial charge < -0.3 is 10.6 Å². The minimum absolute atomic E-state index is 0.0353. The number of benzene rings is 1. The van der Waals surface area contributed by atoms with Crippen molar-refractivity contribution in [1.29, 1.82) is 0 Å². The van der Waals surface area contributed by atoms with Crippen LogP contribution >= 0.6 is 11.3 Å². The highest BCUT2D eigenvalue weighted by Crippen LogP contribution is 2.31. The van der Waals surface area contributed by atoms with Crippen LogP contribution in [0.2, 0.25) is 0 Å². The van der Waals surface area contributed by atoms with E-state index in [0.717, 1.165) is 21.9 Å². The number of thiazole rings is 1. The summed E-state index contributed by atoms with van der Waals surface area (Å²) < 4.78 is 0. The summed E-state index contributed by atoms with van der Waals surface area (Å²) in [7, 11) is 1.83. The number of aromatic nitrogens is 1. The zero-order valence-corrected chi connectivity index (χ0v) is 15.1. The summed E-state index contributed by atoms with van der Waals surface area (Å²) in [5.74, 6) is 0.439. The number of nitrogens with zero attached hydrogens (tertiary/aromatic N) is 2. The van der Waals surface area contributed by atoms with Gasteiger partial charge >= 0.3 is 0 Å². The normalized spacial score (nSPS) is 12.4. The number of rotatable bonds is 6. The number of nitrogens with two attached hydrogens (primary N) is 1. The Bertz CT molecular complexity index is 652. The van der Waals surface area contributed by atoms with Crippen LogP contribution in [-0.4, -0.2) is 35.4 Å². The van der Waals surface area contributed by atoms with Crippen molar-refractivity contribution in [3.8, 4) is 10.4 Å². The first-order chi connectivity index (χ1) is 10.9. The molecule has 1 heterocycles. The molecule has 2 N–H and O–H groups in total. The van der Waals surface area contributed by atoms with Gasteiger partial charge in [0.05, 0.1) is 9.88 Å². The highest BCUT2D eigenvalue weighted by Gasteiger charge is 2.26. The lowest BCUT2D eigenvalue weighted by atomic mass is 10.0. The Morgan fingerprint density at radius 2 is 1.96 bits per heavy atom. The third kappa shape index (κ3) is 4.18. The van der Waals surface area contributed by atoms with Gasteiger partial charge in [0.25, 0.3) is 5.91 Å². The second-order valence-electron chi connectivity index (χ2n) is 6.21. The Kier molecular flexibility index (Phi) is 5.91. The van der Waals surface area contributed by atoms with E-state index in [1.807, 2.05) is 44.3 Å². The fraction of sp³-hybridized carbons (Fsp3) is 0.444. The first kappa shape index (κ1) is 17.6. The predicted molar refractivity (Wildman–Crippen MR) is 96.7 cm³/mol. The van der Waals surface area contributed by atoms with Crippen LogP contribution in [0.4, 0.5) is 0 Å². The number of likely N-dealkylation sites (N-methyl/N-ethyl adjacent to an activating group) is 1. The van der Waals surface area contributed by atoms with Crippen LogP contribution in [0.15, 0.2) is 30.3 Å². The fourth-order valence-electron chi connectivity index (χ4n) is 2.65. The Morgan fingerprint density at radius 3 is 2.52 bits per heavy atom. The van der Waals surface area contributed by atoms with Gasteiger partial charge in [0, 0.05) is 19.6 Å². The molecule has 0 unspecified atom stereocenters. The third-order valence-electron chi connectivity index (χ3n) is 3.86. The maximum atomic E-state index is 12.9. The molecule has 0 aliphatic heterocycles. The lowest BCUT2D eigenvalue weighted by molar-refractivity contribution is 0.0715. The van der Waals surface area contributed by atoms with Gasteiger partial charge in [0.2, 0.25) is 0 Å². The van der Waals surface area contributed by atoms with Crippen molar-refractivity contribution in [2.75, 3.05) is 13.6 Å². The standard InChI is InChI=1S/C18H25N3OS/c1-12(2)10-15(11-19)21(4)18(22)16-17(23-13(3)20-16)14-8-6-5-7-9-14/h5-9,12,15H,10-11,19H2,1-4H3/t15-/m0/s1. The highest BCUT2D eigenvalue weighted by molar-refractivity contribution is 7.15. The maximum absolute atomic E-state index is 12.9. The van der Waals surface area contributed by atoms with Gasteiger partial charge in [-0.05, 0) is 24.8 Å². The van der Waals surface area contributed by atoms with Crippen LogP contribution in [0.5, 0.6) is 0 Å². The quantitative estimate of drug-likeness (QED) is 0.880. The molecule has 124 valence electrons. The fourth-order valence-corrected chi connectivity index (χ4v) is 3.56. The van der Waals surface area contributed by atoms with Crippen LogP contribution < -0.4 is 5.73 Å². The average molecular weight is 331 g/mol. The molecule has 0 bridgehead atoms. The molecule has 1 aromatic carbocycles. The number of hydrogen-bond donors (Lipinski definition) is 1. The molecule has 1 aromatic heterocycles. The van der Waals surface area contributed by atoms with E-state index in [1.165, 1.54) is 0 Å². The predicted octanol–water partition coefficient (Wildman–Crippen LogP) is 3.56. The SMILES string of the molecule is Cc1nc(C(=O)N(C)[C@H](CN)CC(C)C)c(-c2ccccc2)s1. The van der Waals surface area contributed by atoms with Crippen molar-refractivity contribution in [1.82, 2.24) is 9.88 Å². The number of carbonyl (C=O) groups is 1. The van der Waals surface area contributed by atoms with Crippen LogP contribution in [-0.2, 0) is 0 Å². The van der Waals surface area contributed by atoms with Crippen molar-refractivity contribution in [2.45, 2.75) is 33.2 Å². The van der Waals surface area contributed by atoms with Gasteiger partial charge in [-0.1, -0.05) is 44.2 Å². The third-order valence-corrected chi connectivity index (χ3v) is 4.88.